The standard InChI is InChI=1S/C13H21FN4/c1-9(2)6-7-18(10-4-5-10)12-11(14)8-16-13(15-3)17-12/h8-10H,4-7H2,1-3H3,(H,15,16,17). The summed E-state index contributed by atoms with van der Waals surface area (Å²) in [6, 6.07) is 0.456. The zero-order chi connectivity index (χ0) is 13.1. The summed E-state index contributed by atoms with van der Waals surface area (Å²) in [5.74, 6) is 1.20. The Balaban J connectivity index is 2.18. The van der Waals surface area contributed by atoms with Gasteiger partial charge in [0.25, 0.3) is 0 Å². The zero-order valence-electron chi connectivity index (χ0n) is 11.3. The third-order valence-electron chi connectivity index (χ3n) is 3.16. The normalized spacial score (nSPS) is 14.9. The molecular weight excluding hydrogens is 231 g/mol. The van der Waals surface area contributed by atoms with Crippen molar-refractivity contribution in [3.05, 3.63) is 12.0 Å². The first-order chi connectivity index (χ1) is 8.61. The van der Waals surface area contributed by atoms with Gasteiger partial charge in [-0.1, -0.05) is 13.8 Å². The molecule has 0 bridgehead atoms. The molecule has 0 amide bonds. The molecule has 0 atom stereocenters. The van der Waals surface area contributed by atoms with Gasteiger partial charge in [0.2, 0.25) is 5.95 Å². The smallest absolute Gasteiger partial charge is 0.224 e. The fourth-order valence-corrected chi connectivity index (χ4v) is 1.92. The highest BCUT2D eigenvalue weighted by Crippen LogP contribution is 2.32. The van der Waals surface area contributed by atoms with E-state index in [4.69, 9.17) is 0 Å². The van der Waals surface area contributed by atoms with Crippen molar-refractivity contribution in [1.29, 1.82) is 0 Å². The molecule has 2 rings (SSSR count). The van der Waals surface area contributed by atoms with Gasteiger partial charge in [0, 0.05) is 19.6 Å². The van der Waals surface area contributed by atoms with Gasteiger partial charge in [-0.15, -0.1) is 0 Å². The summed E-state index contributed by atoms with van der Waals surface area (Å²) in [4.78, 5) is 10.2. The van der Waals surface area contributed by atoms with Gasteiger partial charge in [-0.05, 0) is 25.2 Å². The Labute approximate surface area is 108 Å². The van der Waals surface area contributed by atoms with Crippen LogP contribution in [-0.4, -0.2) is 29.6 Å². The number of hydrogen-bond donors (Lipinski definition) is 1. The van der Waals surface area contributed by atoms with E-state index in [9.17, 15) is 4.39 Å². The molecule has 0 unspecified atom stereocenters. The van der Waals surface area contributed by atoms with E-state index in [-0.39, 0.29) is 5.82 Å². The largest absolute Gasteiger partial charge is 0.357 e. The summed E-state index contributed by atoms with van der Waals surface area (Å²) in [6.07, 6.45) is 4.57. The molecule has 1 saturated carbocycles. The number of hydrogen-bond acceptors (Lipinski definition) is 4. The average Bonchev–Trinajstić information content (AvgIpc) is 3.15. The molecule has 0 aliphatic heterocycles. The van der Waals surface area contributed by atoms with Crippen LogP contribution < -0.4 is 10.2 Å². The lowest BCUT2D eigenvalue weighted by atomic mass is 10.1. The first-order valence-corrected chi connectivity index (χ1v) is 6.58. The number of nitrogens with one attached hydrogen (secondary N) is 1. The van der Waals surface area contributed by atoms with Crippen LogP contribution in [0.25, 0.3) is 0 Å². The Bertz CT molecular complexity index is 404. The Morgan fingerprint density at radius 1 is 1.50 bits per heavy atom. The maximum absolute atomic E-state index is 13.9. The fourth-order valence-electron chi connectivity index (χ4n) is 1.92. The van der Waals surface area contributed by atoms with Crippen LogP contribution >= 0.6 is 0 Å². The molecular formula is C13H21FN4. The maximum atomic E-state index is 13.9. The lowest BCUT2D eigenvalue weighted by Gasteiger charge is -2.24. The highest BCUT2D eigenvalue weighted by molar-refractivity contribution is 5.46. The molecule has 1 aliphatic carbocycles. The molecule has 5 heteroatoms. The molecule has 1 aliphatic rings. The number of halogens is 1. The van der Waals surface area contributed by atoms with Crippen molar-refractivity contribution in [3.63, 3.8) is 0 Å². The second-order valence-electron chi connectivity index (χ2n) is 5.22. The van der Waals surface area contributed by atoms with Crippen molar-refractivity contribution >= 4 is 11.8 Å². The highest BCUT2D eigenvalue weighted by atomic mass is 19.1. The second kappa shape index (κ2) is 5.50. The first kappa shape index (κ1) is 13.1. The lowest BCUT2D eigenvalue weighted by molar-refractivity contribution is 0.552. The Morgan fingerprint density at radius 2 is 2.22 bits per heavy atom. The Morgan fingerprint density at radius 3 is 2.78 bits per heavy atom. The van der Waals surface area contributed by atoms with Gasteiger partial charge in [0.05, 0.1) is 6.20 Å². The monoisotopic (exact) mass is 252 g/mol. The van der Waals surface area contributed by atoms with E-state index < -0.39 is 0 Å². The molecule has 1 heterocycles. The number of rotatable bonds is 6. The number of nitrogens with zero attached hydrogens (tertiary/aromatic N) is 3. The summed E-state index contributed by atoms with van der Waals surface area (Å²) in [5.41, 5.74) is 0. The van der Waals surface area contributed by atoms with Gasteiger partial charge in [-0.25, -0.2) is 9.37 Å². The van der Waals surface area contributed by atoms with Gasteiger partial charge in [-0.3, -0.25) is 0 Å². The quantitative estimate of drug-likeness (QED) is 0.845. The Hall–Kier alpha value is -1.39. The Kier molecular flexibility index (Phi) is 3.99. The van der Waals surface area contributed by atoms with Gasteiger partial charge in [0.15, 0.2) is 11.6 Å². The average molecular weight is 252 g/mol. The van der Waals surface area contributed by atoms with Gasteiger partial charge >= 0.3 is 0 Å². The van der Waals surface area contributed by atoms with Crippen LogP contribution in [0, 0.1) is 11.7 Å². The summed E-state index contributed by atoms with van der Waals surface area (Å²) in [6.45, 7) is 5.22. The molecule has 1 aromatic heterocycles. The molecule has 0 spiro atoms. The van der Waals surface area contributed by atoms with E-state index in [2.05, 4.69) is 34.0 Å². The molecule has 1 aromatic rings. The highest BCUT2D eigenvalue weighted by Gasteiger charge is 2.31. The van der Waals surface area contributed by atoms with E-state index in [0.717, 1.165) is 25.8 Å². The molecule has 100 valence electrons. The van der Waals surface area contributed by atoms with Crippen molar-refractivity contribution in [2.24, 2.45) is 5.92 Å². The van der Waals surface area contributed by atoms with Crippen molar-refractivity contribution in [2.45, 2.75) is 39.2 Å². The van der Waals surface area contributed by atoms with E-state index in [1.807, 2.05) is 0 Å². The topological polar surface area (TPSA) is 41.1 Å². The predicted molar refractivity (Wildman–Crippen MR) is 71.4 cm³/mol. The molecule has 18 heavy (non-hydrogen) atoms. The third kappa shape index (κ3) is 3.09. The van der Waals surface area contributed by atoms with Crippen molar-refractivity contribution in [2.75, 3.05) is 23.8 Å². The number of anilines is 2. The minimum Gasteiger partial charge on any atom is -0.357 e. The molecule has 0 aromatic carbocycles. The van der Waals surface area contributed by atoms with E-state index in [1.54, 1.807) is 7.05 Å². The van der Waals surface area contributed by atoms with Crippen LogP contribution in [0.3, 0.4) is 0 Å². The predicted octanol–water partition coefficient (Wildman–Crippen LogP) is 2.67. The zero-order valence-corrected chi connectivity index (χ0v) is 11.3. The summed E-state index contributed by atoms with van der Waals surface area (Å²) in [7, 11) is 1.74. The molecule has 0 radical (unpaired) electrons. The molecule has 1 fully saturated rings. The van der Waals surface area contributed by atoms with Gasteiger partial charge < -0.3 is 10.2 Å². The van der Waals surface area contributed by atoms with Crippen LogP contribution in [0.4, 0.5) is 16.2 Å². The maximum Gasteiger partial charge on any atom is 0.224 e. The minimum atomic E-state index is -0.329. The lowest BCUT2D eigenvalue weighted by Crippen LogP contribution is -2.30. The fraction of sp³-hybridized carbons (Fsp3) is 0.692. The molecule has 4 nitrogen and oxygen atoms in total. The summed E-state index contributed by atoms with van der Waals surface area (Å²) in [5, 5.41) is 2.86. The van der Waals surface area contributed by atoms with Crippen LogP contribution in [0.2, 0.25) is 0 Å². The van der Waals surface area contributed by atoms with Crippen LogP contribution in [0.15, 0.2) is 6.20 Å². The SMILES string of the molecule is CNc1ncc(F)c(N(CCC(C)C)C2CC2)n1. The molecule has 0 saturated heterocycles. The summed E-state index contributed by atoms with van der Waals surface area (Å²) < 4.78 is 13.9. The van der Waals surface area contributed by atoms with Crippen molar-refractivity contribution < 1.29 is 4.39 Å². The third-order valence-corrected chi connectivity index (χ3v) is 3.16. The van der Waals surface area contributed by atoms with Gasteiger partial charge in [-0.2, -0.15) is 4.98 Å². The second-order valence-corrected chi connectivity index (χ2v) is 5.22. The summed E-state index contributed by atoms with van der Waals surface area (Å²) >= 11 is 0. The molecule has 1 N–H and O–H groups in total. The van der Waals surface area contributed by atoms with Crippen molar-refractivity contribution in [1.82, 2.24) is 9.97 Å². The van der Waals surface area contributed by atoms with E-state index >= 15 is 0 Å². The van der Waals surface area contributed by atoms with E-state index in [1.165, 1.54) is 6.20 Å². The number of aromatic nitrogens is 2. The first-order valence-electron chi connectivity index (χ1n) is 6.58. The minimum absolute atomic E-state index is 0.329. The van der Waals surface area contributed by atoms with Crippen molar-refractivity contribution in [3.8, 4) is 0 Å². The van der Waals surface area contributed by atoms with E-state index in [0.29, 0.717) is 23.7 Å². The van der Waals surface area contributed by atoms with Crippen LogP contribution in [-0.2, 0) is 0 Å². The van der Waals surface area contributed by atoms with Gasteiger partial charge in [0.1, 0.15) is 0 Å². The van der Waals surface area contributed by atoms with Crippen LogP contribution in [0.5, 0.6) is 0 Å². The van der Waals surface area contributed by atoms with Crippen LogP contribution in [0.1, 0.15) is 33.1 Å².